The molecule has 0 fully saturated rings. The Balaban J connectivity index is 1.05. The third kappa shape index (κ3) is 4.88. The van der Waals surface area contributed by atoms with Crippen LogP contribution >= 0.6 is 11.3 Å². The zero-order valence-electron chi connectivity index (χ0n) is 33.2. The van der Waals surface area contributed by atoms with Crippen molar-refractivity contribution in [2.75, 3.05) is 4.90 Å². The Morgan fingerprint density at radius 2 is 0.918 bits per heavy atom. The van der Waals surface area contributed by atoms with Crippen LogP contribution in [0.15, 0.2) is 224 Å². The molecular formula is C59H37NS. The van der Waals surface area contributed by atoms with Gasteiger partial charge in [-0.1, -0.05) is 182 Å². The lowest BCUT2D eigenvalue weighted by Crippen LogP contribution is -2.25. The molecule has 1 aromatic heterocycles. The van der Waals surface area contributed by atoms with Crippen molar-refractivity contribution in [1.82, 2.24) is 0 Å². The maximum Gasteiger partial charge on any atom is 0.0820 e. The minimum Gasteiger partial charge on any atom is -0.310 e. The van der Waals surface area contributed by atoms with E-state index in [0.29, 0.717) is 0 Å². The average Bonchev–Trinajstić information content (AvgIpc) is 3.96. The predicted molar refractivity (Wildman–Crippen MR) is 259 cm³/mol. The highest BCUT2D eigenvalue weighted by molar-refractivity contribution is 7.20. The molecule has 1 atom stereocenters. The fourth-order valence-electron chi connectivity index (χ4n) is 10.7. The summed E-state index contributed by atoms with van der Waals surface area (Å²) in [6, 6.07) is 83.3. The first-order valence-electron chi connectivity index (χ1n) is 21.1. The number of fused-ring (bicyclic) bond motifs is 15. The predicted octanol–water partition coefficient (Wildman–Crippen LogP) is 16.4. The van der Waals surface area contributed by atoms with Crippen LogP contribution in [0.1, 0.15) is 21.6 Å². The molecule has 0 bridgehead atoms. The number of para-hydroxylation sites is 1. The number of hydrogen-bond acceptors (Lipinski definition) is 2. The second kappa shape index (κ2) is 13.2. The smallest absolute Gasteiger partial charge is 0.0820 e. The highest BCUT2D eigenvalue weighted by Crippen LogP contribution is 2.66. The van der Waals surface area contributed by atoms with Gasteiger partial charge in [0.1, 0.15) is 0 Å². The Morgan fingerprint density at radius 1 is 0.344 bits per heavy atom. The Bertz CT molecular complexity index is 3540. The normalized spacial score (nSPS) is 14.6. The first-order chi connectivity index (χ1) is 30.3. The standard InChI is InChI=1S/C59H37NS/c1-2-16-38(17-3-1)44-20-10-14-28-55(44)60(41-32-30-39(31-33-41)51-36-40-18-4-5-19-43(40)45-21-6-7-22-46(45)51)42-34-35-48-47-23-8-12-26-52(47)59(54(48)37-42)53-27-13-9-24-49(53)57-50-25-11-15-29-56(50)61-58(57)59/h1-37H. The Labute approximate surface area is 359 Å². The van der Waals surface area contributed by atoms with Gasteiger partial charge in [0, 0.05) is 37.5 Å². The highest BCUT2D eigenvalue weighted by atomic mass is 32.1. The lowest BCUT2D eigenvalue weighted by Gasteiger charge is -2.32. The van der Waals surface area contributed by atoms with Crippen LogP contribution in [0, 0.1) is 0 Å². The van der Waals surface area contributed by atoms with Gasteiger partial charge in [-0.05, 0) is 114 Å². The van der Waals surface area contributed by atoms with Gasteiger partial charge >= 0.3 is 0 Å². The van der Waals surface area contributed by atoms with Gasteiger partial charge in [0.15, 0.2) is 0 Å². The van der Waals surface area contributed by atoms with Crippen LogP contribution in [-0.4, -0.2) is 0 Å². The summed E-state index contributed by atoms with van der Waals surface area (Å²) in [5.74, 6) is 0. The van der Waals surface area contributed by atoms with Gasteiger partial charge in [-0.15, -0.1) is 11.3 Å². The molecule has 284 valence electrons. The molecule has 61 heavy (non-hydrogen) atoms. The van der Waals surface area contributed by atoms with Crippen LogP contribution in [0.4, 0.5) is 17.1 Å². The molecule has 0 radical (unpaired) electrons. The lowest BCUT2D eigenvalue weighted by molar-refractivity contribution is 0.811. The average molecular weight is 792 g/mol. The molecule has 1 heterocycles. The van der Waals surface area contributed by atoms with E-state index in [9.17, 15) is 0 Å². The van der Waals surface area contributed by atoms with Gasteiger partial charge < -0.3 is 4.90 Å². The molecule has 1 unspecified atom stereocenters. The van der Waals surface area contributed by atoms with Crippen LogP contribution in [0.3, 0.4) is 0 Å². The lowest BCUT2D eigenvalue weighted by atomic mass is 9.74. The summed E-state index contributed by atoms with van der Waals surface area (Å²) in [7, 11) is 0. The van der Waals surface area contributed by atoms with Crippen molar-refractivity contribution in [1.29, 1.82) is 0 Å². The number of nitrogens with zero attached hydrogens (tertiary/aromatic N) is 1. The molecule has 2 aliphatic carbocycles. The van der Waals surface area contributed by atoms with E-state index in [1.54, 1.807) is 0 Å². The maximum absolute atomic E-state index is 2.51. The maximum atomic E-state index is 2.51. The molecule has 0 saturated carbocycles. The first kappa shape index (κ1) is 34.4. The van der Waals surface area contributed by atoms with Crippen molar-refractivity contribution in [2.24, 2.45) is 0 Å². The Morgan fingerprint density at radius 3 is 1.74 bits per heavy atom. The monoisotopic (exact) mass is 791 g/mol. The zero-order valence-corrected chi connectivity index (χ0v) is 34.0. The molecule has 2 heteroatoms. The first-order valence-corrected chi connectivity index (χ1v) is 21.9. The van der Waals surface area contributed by atoms with Gasteiger partial charge in [0.2, 0.25) is 0 Å². The topological polar surface area (TPSA) is 3.24 Å². The number of benzene rings is 10. The molecule has 0 aliphatic heterocycles. The molecule has 11 aromatic rings. The van der Waals surface area contributed by atoms with E-state index in [1.807, 2.05) is 11.3 Å². The van der Waals surface area contributed by atoms with E-state index in [0.717, 1.165) is 17.1 Å². The van der Waals surface area contributed by atoms with Crippen molar-refractivity contribution in [2.45, 2.75) is 5.41 Å². The van der Waals surface area contributed by atoms with E-state index in [-0.39, 0.29) is 0 Å². The minimum absolute atomic E-state index is 0.441. The van der Waals surface area contributed by atoms with Gasteiger partial charge in [-0.25, -0.2) is 0 Å². The van der Waals surface area contributed by atoms with E-state index in [2.05, 4.69) is 229 Å². The summed E-state index contributed by atoms with van der Waals surface area (Å²) >= 11 is 1.96. The van der Waals surface area contributed by atoms with Gasteiger partial charge in [0.05, 0.1) is 11.1 Å². The second-order valence-electron chi connectivity index (χ2n) is 16.3. The van der Waals surface area contributed by atoms with E-state index in [1.165, 1.54) is 97.7 Å². The van der Waals surface area contributed by atoms with E-state index >= 15 is 0 Å². The largest absolute Gasteiger partial charge is 0.310 e. The van der Waals surface area contributed by atoms with Crippen molar-refractivity contribution in [3.05, 3.63) is 246 Å². The molecule has 10 aromatic carbocycles. The quantitative estimate of drug-likeness (QED) is 0.157. The minimum atomic E-state index is -0.441. The number of anilines is 3. The summed E-state index contributed by atoms with van der Waals surface area (Å²) < 4.78 is 1.33. The van der Waals surface area contributed by atoms with Crippen LogP contribution in [0.5, 0.6) is 0 Å². The number of rotatable bonds is 5. The van der Waals surface area contributed by atoms with Crippen molar-refractivity contribution >= 4 is 60.0 Å². The number of thiophene rings is 1. The summed E-state index contributed by atoms with van der Waals surface area (Å²) in [5.41, 5.74) is 17.2. The molecule has 13 rings (SSSR count). The fourth-order valence-corrected chi connectivity index (χ4v) is 12.2. The van der Waals surface area contributed by atoms with Crippen molar-refractivity contribution in [3.63, 3.8) is 0 Å². The molecular weight excluding hydrogens is 755 g/mol. The zero-order chi connectivity index (χ0) is 40.1. The molecule has 1 spiro atoms. The van der Waals surface area contributed by atoms with Crippen molar-refractivity contribution in [3.8, 4) is 44.5 Å². The SMILES string of the molecule is c1ccc(-c2ccccc2N(c2ccc(-c3cc4ccccc4c4ccccc34)cc2)c2ccc3c(c2)C2(c4ccccc4-3)c3ccccc3-c3c2sc2ccccc32)cc1. The van der Waals surface area contributed by atoms with Crippen LogP contribution in [0.2, 0.25) is 0 Å². The molecule has 0 saturated heterocycles. The van der Waals surface area contributed by atoms with Crippen molar-refractivity contribution < 1.29 is 0 Å². The molecule has 0 N–H and O–H groups in total. The van der Waals surface area contributed by atoms with E-state index in [4.69, 9.17) is 0 Å². The molecule has 1 nitrogen and oxygen atoms in total. The highest BCUT2D eigenvalue weighted by Gasteiger charge is 2.53. The van der Waals surface area contributed by atoms with Gasteiger partial charge in [0.25, 0.3) is 0 Å². The third-order valence-electron chi connectivity index (χ3n) is 13.3. The van der Waals surface area contributed by atoms with E-state index < -0.39 is 5.41 Å². The summed E-state index contributed by atoms with van der Waals surface area (Å²) in [6.07, 6.45) is 0. The summed E-state index contributed by atoms with van der Waals surface area (Å²) in [4.78, 5) is 3.90. The van der Waals surface area contributed by atoms with Crippen LogP contribution in [-0.2, 0) is 5.41 Å². The Kier molecular flexibility index (Phi) is 7.46. The van der Waals surface area contributed by atoms with Crippen LogP contribution < -0.4 is 4.90 Å². The fraction of sp³-hybridized carbons (Fsp3) is 0.0169. The molecule has 0 amide bonds. The second-order valence-corrected chi connectivity index (χ2v) is 17.4. The summed E-state index contributed by atoms with van der Waals surface area (Å²) in [6.45, 7) is 0. The molecule has 2 aliphatic rings. The summed E-state index contributed by atoms with van der Waals surface area (Å²) in [5, 5.41) is 6.42. The third-order valence-corrected chi connectivity index (χ3v) is 14.5. The Hall–Kier alpha value is -7.52. The van der Waals surface area contributed by atoms with Gasteiger partial charge in [-0.2, -0.15) is 0 Å². The van der Waals surface area contributed by atoms with Crippen LogP contribution in [0.25, 0.3) is 76.1 Å². The van der Waals surface area contributed by atoms with Gasteiger partial charge in [-0.3, -0.25) is 0 Å². The number of hydrogen-bond donors (Lipinski definition) is 0.